The molecule has 0 amide bonds. The van der Waals surface area contributed by atoms with E-state index in [-0.39, 0.29) is 11.8 Å². The Hall–Kier alpha value is -1.31. The van der Waals surface area contributed by atoms with Crippen LogP contribution >= 0.6 is 0 Å². The highest BCUT2D eigenvalue weighted by molar-refractivity contribution is 5.74. The summed E-state index contributed by atoms with van der Waals surface area (Å²) in [6.45, 7) is 10.6. The van der Waals surface area contributed by atoms with Crippen LogP contribution in [-0.2, 0) is 4.79 Å². The van der Waals surface area contributed by atoms with E-state index in [1.807, 2.05) is 6.92 Å². The minimum atomic E-state index is -0.660. The van der Waals surface area contributed by atoms with Gasteiger partial charge in [-0.25, -0.2) is 0 Å². The molecule has 124 valence electrons. The number of hydrogen-bond acceptors (Lipinski definition) is 1. The molecule has 0 saturated carbocycles. The maximum atomic E-state index is 11.9. The second-order valence-electron chi connectivity index (χ2n) is 7.09. The number of aliphatic carboxylic acids is 1. The van der Waals surface area contributed by atoms with Gasteiger partial charge in [-0.05, 0) is 71.6 Å². The van der Waals surface area contributed by atoms with Crippen LogP contribution in [-0.4, -0.2) is 11.1 Å². The fourth-order valence-electron chi connectivity index (χ4n) is 3.41. The third-order valence-electron chi connectivity index (χ3n) is 4.87. The SMILES string of the molecule is CC(C)=CCCC(C)C1CCC(C)=CCC=C(C)C1C(=O)O. The molecule has 22 heavy (non-hydrogen) atoms. The Morgan fingerprint density at radius 2 is 2.05 bits per heavy atom. The van der Waals surface area contributed by atoms with E-state index in [0.717, 1.165) is 37.7 Å². The molecular formula is C20H32O2. The van der Waals surface area contributed by atoms with E-state index in [9.17, 15) is 9.90 Å². The van der Waals surface area contributed by atoms with Gasteiger partial charge in [-0.15, -0.1) is 0 Å². The first-order chi connectivity index (χ1) is 10.3. The van der Waals surface area contributed by atoms with E-state index in [1.54, 1.807) is 0 Å². The van der Waals surface area contributed by atoms with Gasteiger partial charge in [0.05, 0.1) is 5.92 Å². The Kier molecular flexibility index (Phi) is 7.64. The second kappa shape index (κ2) is 8.97. The van der Waals surface area contributed by atoms with Gasteiger partial charge in [-0.3, -0.25) is 4.79 Å². The Balaban J connectivity index is 2.94. The van der Waals surface area contributed by atoms with Gasteiger partial charge >= 0.3 is 5.97 Å². The van der Waals surface area contributed by atoms with E-state index in [1.165, 1.54) is 11.1 Å². The van der Waals surface area contributed by atoms with Gasteiger partial charge in [0.2, 0.25) is 0 Å². The monoisotopic (exact) mass is 304 g/mol. The Bertz CT molecular complexity index is 464. The van der Waals surface area contributed by atoms with Crippen molar-refractivity contribution >= 4 is 5.97 Å². The lowest BCUT2D eigenvalue weighted by Crippen LogP contribution is -2.29. The summed E-state index contributed by atoms with van der Waals surface area (Å²) in [6, 6.07) is 0. The van der Waals surface area contributed by atoms with E-state index < -0.39 is 5.97 Å². The van der Waals surface area contributed by atoms with Gasteiger partial charge < -0.3 is 5.11 Å². The summed E-state index contributed by atoms with van der Waals surface area (Å²) in [4.78, 5) is 11.9. The molecule has 2 nitrogen and oxygen atoms in total. The molecule has 0 aromatic heterocycles. The van der Waals surface area contributed by atoms with Gasteiger partial charge in [0.1, 0.15) is 0 Å². The summed E-state index contributed by atoms with van der Waals surface area (Å²) in [6.07, 6.45) is 11.6. The van der Waals surface area contributed by atoms with Gasteiger partial charge in [-0.1, -0.05) is 41.9 Å². The lowest BCUT2D eigenvalue weighted by atomic mass is 9.74. The molecule has 2 heteroatoms. The molecule has 0 aromatic carbocycles. The first-order valence-corrected chi connectivity index (χ1v) is 8.51. The number of carboxylic acid groups (broad SMARTS) is 1. The van der Waals surface area contributed by atoms with E-state index >= 15 is 0 Å². The van der Waals surface area contributed by atoms with E-state index in [0.29, 0.717) is 5.92 Å². The zero-order valence-electron chi connectivity index (χ0n) is 14.9. The number of rotatable bonds is 5. The number of hydrogen-bond donors (Lipinski definition) is 1. The Morgan fingerprint density at radius 3 is 2.64 bits per heavy atom. The first-order valence-electron chi connectivity index (χ1n) is 8.51. The van der Waals surface area contributed by atoms with E-state index in [2.05, 4.69) is 45.9 Å². The zero-order chi connectivity index (χ0) is 16.7. The molecule has 1 aliphatic carbocycles. The van der Waals surface area contributed by atoms with Crippen molar-refractivity contribution in [3.63, 3.8) is 0 Å². The molecule has 0 radical (unpaired) electrons. The first kappa shape index (κ1) is 18.7. The molecule has 0 saturated heterocycles. The van der Waals surface area contributed by atoms with Crippen LogP contribution in [0.4, 0.5) is 0 Å². The molecule has 0 aromatic rings. The van der Waals surface area contributed by atoms with Crippen molar-refractivity contribution in [2.45, 2.75) is 66.7 Å². The van der Waals surface area contributed by atoms with Gasteiger partial charge in [0.25, 0.3) is 0 Å². The minimum absolute atomic E-state index is 0.223. The lowest BCUT2D eigenvalue weighted by molar-refractivity contribution is -0.142. The molecule has 0 heterocycles. The average molecular weight is 304 g/mol. The van der Waals surface area contributed by atoms with Crippen LogP contribution in [0.2, 0.25) is 0 Å². The fourth-order valence-corrected chi connectivity index (χ4v) is 3.41. The van der Waals surface area contributed by atoms with Crippen LogP contribution in [0.15, 0.2) is 34.9 Å². The molecule has 1 aliphatic rings. The highest BCUT2D eigenvalue weighted by Crippen LogP contribution is 2.36. The summed E-state index contributed by atoms with van der Waals surface area (Å²) >= 11 is 0. The fraction of sp³-hybridized carbons (Fsp3) is 0.650. The van der Waals surface area contributed by atoms with Crippen molar-refractivity contribution in [3.8, 4) is 0 Å². The highest BCUT2D eigenvalue weighted by Gasteiger charge is 2.33. The van der Waals surface area contributed by atoms with Crippen LogP contribution < -0.4 is 0 Å². The number of carboxylic acids is 1. The predicted octanol–water partition coefficient (Wildman–Crippen LogP) is 5.76. The van der Waals surface area contributed by atoms with Gasteiger partial charge in [-0.2, -0.15) is 0 Å². The van der Waals surface area contributed by atoms with Crippen molar-refractivity contribution in [2.24, 2.45) is 17.8 Å². The summed E-state index contributed by atoms with van der Waals surface area (Å²) in [7, 11) is 0. The van der Waals surface area contributed by atoms with Gasteiger partial charge in [0, 0.05) is 0 Å². The summed E-state index contributed by atoms with van der Waals surface area (Å²) < 4.78 is 0. The molecule has 1 N–H and O–H groups in total. The number of carbonyl (C=O) groups is 1. The van der Waals surface area contributed by atoms with Crippen LogP contribution in [0.5, 0.6) is 0 Å². The van der Waals surface area contributed by atoms with Crippen LogP contribution in [0.25, 0.3) is 0 Å². The molecule has 3 unspecified atom stereocenters. The molecule has 3 atom stereocenters. The Labute approximate surface area is 136 Å². The van der Waals surface area contributed by atoms with Crippen molar-refractivity contribution in [1.82, 2.24) is 0 Å². The quantitative estimate of drug-likeness (QED) is 0.655. The average Bonchev–Trinajstić information content (AvgIpc) is 2.48. The van der Waals surface area contributed by atoms with Crippen molar-refractivity contribution in [2.75, 3.05) is 0 Å². The zero-order valence-corrected chi connectivity index (χ0v) is 14.9. The standard InChI is InChI=1S/C20H32O2/c1-14(2)8-6-10-16(4)18-13-12-15(3)9-7-11-17(5)19(18)20(21)22/h8-9,11,16,18-19H,6-7,10,12-13H2,1-5H3,(H,21,22). The lowest BCUT2D eigenvalue weighted by Gasteiger charge is -2.30. The predicted molar refractivity (Wildman–Crippen MR) is 93.8 cm³/mol. The summed E-state index contributed by atoms with van der Waals surface area (Å²) in [5.74, 6) is -0.347. The normalized spacial score (nSPS) is 24.2. The largest absolute Gasteiger partial charge is 0.481 e. The minimum Gasteiger partial charge on any atom is -0.481 e. The van der Waals surface area contributed by atoms with Crippen molar-refractivity contribution in [3.05, 3.63) is 34.9 Å². The van der Waals surface area contributed by atoms with Crippen molar-refractivity contribution < 1.29 is 9.90 Å². The van der Waals surface area contributed by atoms with Crippen LogP contribution in [0, 0.1) is 17.8 Å². The molecule has 0 bridgehead atoms. The molecule has 0 spiro atoms. The Morgan fingerprint density at radius 1 is 1.36 bits per heavy atom. The second-order valence-corrected chi connectivity index (χ2v) is 7.09. The molecular weight excluding hydrogens is 272 g/mol. The topological polar surface area (TPSA) is 37.3 Å². The summed E-state index contributed by atoms with van der Waals surface area (Å²) in [5.41, 5.74) is 3.75. The van der Waals surface area contributed by atoms with Crippen LogP contribution in [0.1, 0.15) is 66.7 Å². The third kappa shape index (κ3) is 5.82. The van der Waals surface area contributed by atoms with Crippen LogP contribution in [0.3, 0.4) is 0 Å². The van der Waals surface area contributed by atoms with Gasteiger partial charge in [0.15, 0.2) is 0 Å². The van der Waals surface area contributed by atoms with Crippen molar-refractivity contribution in [1.29, 1.82) is 0 Å². The van der Waals surface area contributed by atoms with E-state index in [4.69, 9.17) is 0 Å². The number of allylic oxidation sites excluding steroid dienone is 5. The smallest absolute Gasteiger partial charge is 0.310 e. The molecule has 0 aliphatic heterocycles. The third-order valence-corrected chi connectivity index (χ3v) is 4.87. The summed E-state index contributed by atoms with van der Waals surface area (Å²) in [5, 5.41) is 9.75. The highest BCUT2D eigenvalue weighted by atomic mass is 16.4. The molecule has 1 rings (SSSR count). The maximum Gasteiger partial charge on any atom is 0.310 e. The maximum absolute atomic E-state index is 11.9. The molecule has 0 fully saturated rings.